The second-order valence-corrected chi connectivity index (χ2v) is 5.51. The van der Waals surface area contributed by atoms with E-state index in [4.69, 9.17) is 0 Å². The Bertz CT molecular complexity index is 592. The Balaban J connectivity index is 2.28. The van der Waals surface area contributed by atoms with Gasteiger partial charge in [-0.15, -0.1) is 0 Å². The number of carbonyl (C=O) groups excluding carboxylic acids is 1. The van der Waals surface area contributed by atoms with E-state index in [0.717, 1.165) is 12.8 Å². The summed E-state index contributed by atoms with van der Waals surface area (Å²) < 4.78 is 0. The van der Waals surface area contributed by atoms with E-state index in [1.165, 1.54) is 41.0 Å². The molecule has 0 aromatic heterocycles. The lowest BCUT2D eigenvalue weighted by molar-refractivity contribution is -0.112. The van der Waals surface area contributed by atoms with Crippen molar-refractivity contribution in [1.82, 2.24) is 0 Å². The lowest BCUT2D eigenvalue weighted by Crippen LogP contribution is -2.24. The van der Waals surface area contributed by atoms with Crippen molar-refractivity contribution in [3.63, 3.8) is 0 Å². The Morgan fingerprint density at radius 3 is 2.61 bits per heavy atom. The van der Waals surface area contributed by atoms with E-state index in [2.05, 4.69) is 43.3 Å². The molecule has 18 heavy (non-hydrogen) atoms. The number of hydrogen-bond donors (Lipinski definition) is 0. The van der Waals surface area contributed by atoms with Crippen molar-refractivity contribution >= 4 is 17.1 Å². The van der Waals surface area contributed by atoms with Crippen LogP contribution in [0, 0.1) is 6.92 Å². The molecule has 3 rings (SSSR count). The molecular weight excluding hydrogens is 220 g/mol. The van der Waals surface area contributed by atoms with Crippen molar-refractivity contribution in [1.29, 1.82) is 0 Å². The first-order valence-corrected chi connectivity index (χ1v) is 6.71. The van der Waals surface area contributed by atoms with Crippen LogP contribution in [-0.2, 0) is 10.2 Å². The van der Waals surface area contributed by atoms with Crippen LogP contribution in [0.1, 0.15) is 36.8 Å². The van der Waals surface area contributed by atoms with Gasteiger partial charge in [0.15, 0.2) is 0 Å². The molecule has 0 bridgehead atoms. The van der Waals surface area contributed by atoms with Crippen molar-refractivity contribution in [3.8, 4) is 0 Å². The van der Waals surface area contributed by atoms with Crippen LogP contribution in [0.2, 0.25) is 0 Å². The number of hydrogen-bond acceptors (Lipinski definition) is 1. The largest absolute Gasteiger partial charge is 0.302 e. The standard InChI is InChI=1S/C17H18O/c1-13-7-8-14-5-4-6-16(15(14)11-13)17(12-18)9-2-3-10-17/h4-8,11-12H,2-3,9-10H2,1H3. The summed E-state index contributed by atoms with van der Waals surface area (Å²) in [4.78, 5) is 11.7. The first-order valence-electron chi connectivity index (χ1n) is 6.71. The molecule has 1 aliphatic carbocycles. The van der Waals surface area contributed by atoms with Gasteiger partial charge in [-0.1, -0.05) is 54.8 Å². The fourth-order valence-electron chi connectivity index (χ4n) is 3.28. The molecule has 0 heterocycles. The molecule has 2 aromatic carbocycles. The van der Waals surface area contributed by atoms with Gasteiger partial charge in [0, 0.05) is 0 Å². The van der Waals surface area contributed by atoms with Crippen LogP contribution in [0.3, 0.4) is 0 Å². The SMILES string of the molecule is Cc1ccc2cccc(C3(C=O)CCCC3)c2c1. The number of fused-ring (bicyclic) bond motifs is 1. The van der Waals surface area contributed by atoms with Gasteiger partial charge in [-0.05, 0) is 36.1 Å². The van der Waals surface area contributed by atoms with Gasteiger partial charge >= 0.3 is 0 Å². The van der Waals surface area contributed by atoms with E-state index in [9.17, 15) is 4.79 Å². The summed E-state index contributed by atoms with van der Waals surface area (Å²) in [5.41, 5.74) is 2.26. The molecule has 1 saturated carbocycles. The minimum atomic E-state index is -0.229. The summed E-state index contributed by atoms with van der Waals surface area (Å²) in [6, 6.07) is 12.9. The third kappa shape index (κ3) is 1.66. The molecule has 0 N–H and O–H groups in total. The number of rotatable bonds is 2. The Morgan fingerprint density at radius 1 is 1.11 bits per heavy atom. The van der Waals surface area contributed by atoms with Gasteiger partial charge in [-0.25, -0.2) is 0 Å². The summed E-state index contributed by atoms with van der Waals surface area (Å²) in [7, 11) is 0. The molecule has 0 atom stereocenters. The van der Waals surface area contributed by atoms with E-state index in [1.54, 1.807) is 0 Å². The predicted molar refractivity (Wildman–Crippen MR) is 74.9 cm³/mol. The third-order valence-corrected chi connectivity index (χ3v) is 4.30. The summed E-state index contributed by atoms with van der Waals surface area (Å²) in [5, 5.41) is 2.50. The lowest BCUT2D eigenvalue weighted by Gasteiger charge is -2.24. The van der Waals surface area contributed by atoms with Crippen molar-refractivity contribution < 1.29 is 4.79 Å². The van der Waals surface area contributed by atoms with Crippen LogP contribution in [0.15, 0.2) is 36.4 Å². The molecule has 1 nitrogen and oxygen atoms in total. The number of aryl methyl sites for hydroxylation is 1. The van der Waals surface area contributed by atoms with Gasteiger partial charge in [0.1, 0.15) is 6.29 Å². The average molecular weight is 238 g/mol. The van der Waals surface area contributed by atoms with Gasteiger partial charge < -0.3 is 4.79 Å². The second-order valence-electron chi connectivity index (χ2n) is 5.51. The third-order valence-electron chi connectivity index (χ3n) is 4.30. The van der Waals surface area contributed by atoms with E-state index < -0.39 is 0 Å². The highest BCUT2D eigenvalue weighted by molar-refractivity contribution is 5.90. The maximum absolute atomic E-state index is 11.7. The number of benzene rings is 2. The molecular formula is C17H18O. The zero-order valence-corrected chi connectivity index (χ0v) is 10.8. The first-order chi connectivity index (χ1) is 8.75. The summed E-state index contributed by atoms with van der Waals surface area (Å²) in [6.07, 6.45) is 5.53. The Labute approximate surface area is 108 Å². The summed E-state index contributed by atoms with van der Waals surface area (Å²) in [5.74, 6) is 0. The van der Waals surface area contributed by atoms with Crippen LogP contribution in [0.4, 0.5) is 0 Å². The maximum atomic E-state index is 11.7. The highest BCUT2D eigenvalue weighted by Crippen LogP contribution is 2.42. The Morgan fingerprint density at radius 2 is 1.89 bits per heavy atom. The number of aldehydes is 1. The topological polar surface area (TPSA) is 17.1 Å². The van der Waals surface area contributed by atoms with Gasteiger partial charge in [0.05, 0.1) is 5.41 Å². The molecule has 1 fully saturated rings. The molecule has 0 amide bonds. The average Bonchev–Trinajstić information content (AvgIpc) is 2.88. The molecule has 0 unspecified atom stereocenters. The van der Waals surface area contributed by atoms with Gasteiger partial charge in [-0.3, -0.25) is 0 Å². The summed E-state index contributed by atoms with van der Waals surface area (Å²) in [6.45, 7) is 2.11. The lowest BCUT2D eigenvalue weighted by atomic mass is 9.78. The molecule has 1 heteroatoms. The smallest absolute Gasteiger partial charge is 0.130 e. The summed E-state index contributed by atoms with van der Waals surface area (Å²) >= 11 is 0. The van der Waals surface area contributed by atoms with E-state index >= 15 is 0 Å². The predicted octanol–water partition coefficient (Wildman–Crippen LogP) is 4.16. The monoisotopic (exact) mass is 238 g/mol. The minimum absolute atomic E-state index is 0.229. The zero-order chi connectivity index (χ0) is 12.6. The second kappa shape index (κ2) is 4.24. The van der Waals surface area contributed by atoms with Gasteiger partial charge in [0.2, 0.25) is 0 Å². The van der Waals surface area contributed by atoms with Crippen molar-refractivity contribution in [2.45, 2.75) is 38.0 Å². The molecule has 0 radical (unpaired) electrons. The van der Waals surface area contributed by atoms with Crippen LogP contribution in [0.5, 0.6) is 0 Å². The Kier molecular flexibility index (Phi) is 2.70. The van der Waals surface area contributed by atoms with E-state index in [0.29, 0.717) is 0 Å². The normalized spacial score (nSPS) is 18.1. The van der Waals surface area contributed by atoms with Crippen LogP contribution in [-0.4, -0.2) is 6.29 Å². The maximum Gasteiger partial charge on any atom is 0.130 e. The van der Waals surface area contributed by atoms with Crippen LogP contribution >= 0.6 is 0 Å². The van der Waals surface area contributed by atoms with Gasteiger partial charge in [0.25, 0.3) is 0 Å². The number of carbonyl (C=O) groups is 1. The molecule has 0 saturated heterocycles. The zero-order valence-electron chi connectivity index (χ0n) is 10.8. The van der Waals surface area contributed by atoms with Crippen molar-refractivity contribution in [2.24, 2.45) is 0 Å². The fraction of sp³-hybridized carbons (Fsp3) is 0.353. The van der Waals surface area contributed by atoms with Gasteiger partial charge in [-0.2, -0.15) is 0 Å². The highest BCUT2D eigenvalue weighted by atomic mass is 16.1. The van der Waals surface area contributed by atoms with Crippen molar-refractivity contribution in [2.75, 3.05) is 0 Å². The molecule has 1 aliphatic rings. The Hall–Kier alpha value is -1.63. The molecule has 0 spiro atoms. The fourth-order valence-corrected chi connectivity index (χ4v) is 3.28. The molecule has 0 aliphatic heterocycles. The first kappa shape index (κ1) is 11.5. The highest BCUT2D eigenvalue weighted by Gasteiger charge is 2.36. The quantitative estimate of drug-likeness (QED) is 0.718. The van der Waals surface area contributed by atoms with E-state index in [-0.39, 0.29) is 5.41 Å². The van der Waals surface area contributed by atoms with Crippen LogP contribution in [0.25, 0.3) is 10.8 Å². The van der Waals surface area contributed by atoms with Crippen LogP contribution < -0.4 is 0 Å². The van der Waals surface area contributed by atoms with Crippen molar-refractivity contribution in [3.05, 3.63) is 47.5 Å². The molecule has 2 aromatic rings. The molecule has 92 valence electrons. The minimum Gasteiger partial charge on any atom is -0.302 e. The van der Waals surface area contributed by atoms with E-state index in [1.807, 2.05) is 0 Å².